The second-order valence-corrected chi connectivity index (χ2v) is 6.62. The highest BCUT2D eigenvalue weighted by atomic mass is 35.5. The van der Waals surface area contributed by atoms with Gasteiger partial charge in [0.1, 0.15) is 17.9 Å². The van der Waals surface area contributed by atoms with Crippen LogP contribution >= 0.6 is 11.6 Å². The van der Waals surface area contributed by atoms with Crippen molar-refractivity contribution in [2.24, 2.45) is 0 Å². The largest absolute Gasteiger partial charge is 0.488 e. The molecule has 0 bridgehead atoms. The lowest BCUT2D eigenvalue weighted by Crippen LogP contribution is -2.08. The van der Waals surface area contributed by atoms with Gasteiger partial charge in [-0.25, -0.2) is 4.79 Å². The van der Waals surface area contributed by atoms with Crippen LogP contribution < -0.4 is 10.4 Å². The van der Waals surface area contributed by atoms with E-state index in [2.05, 4.69) is 0 Å². The van der Waals surface area contributed by atoms with Gasteiger partial charge in [-0.15, -0.1) is 0 Å². The molecule has 1 aromatic heterocycles. The van der Waals surface area contributed by atoms with E-state index < -0.39 is 0 Å². The molecule has 3 aromatic rings. The molecule has 0 saturated heterocycles. The monoisotopic (exact) mass is 340 g/mol. The Morgan fingerprint density at radius 2 is 2.00 bits per heavy atom. The van der Waals surface area contributed by atoms with Gasteiger partial charge in [0.25, 0.3) is 0 Å². The molecule has 0 unspecified atom stereocenters. The lowest BCUT2D eigenvalue weighted by molar-refractivity contribution is 0.304. The second-order valence-electron chi connectivity index (χ2n) is 6.18. The van der Waals surface area contributed by atoms with Crippen molar-refractivity contribution in [3.63, 3.8) is 0 Å². The Balaban J connectivity index is 1.71. The number of ether oxygens (including phenoxy) is 1. The zero-order valence-corrected chi connectivity index (χ0v) is 14.2. The van der Waals surface area contributed by atoms with Crippen molar-refractivity contribution >= 4 is 22.6 Å². The van der Waals surface area contributed by atoms with E-state index in [0.717, 1.165) is 52.7 Å². The fourth-order valence-corrected chi connectivity index (χ4v) is 3.62. The number of aryl methyl sites for hydroxylation is 2. The number of hydrogen-bond donors (Lipinski definition) is 0. The van der Waals surface area contributed by atoms with Crippen LogP contribution in [0.25, 0.3) is 11.0 Å². The Hall–Kier alpha value is -2.26. The van der Waals surface area contributed by atoms with E-state index in [1.54, 1.807) is 0 Å². The molecule has 0 spiro atoms. The first kappa shape index (κ1) is 15.3. The maximum atomic E-state index is 12.2. The topological polar surface area (TPSA) is 39.4 Å². The SMILES string of the molecule is Cc1c(OCc2cccc(Cl)c2)ccc2c3c(c(=O)oc12)CCC3. The second kappa shape index (κ2) is 5.99. The quantitative estimate of drug-likeness (QED) is 0.641. The van der Waals surface area contributed by atoms with Crippen molar-refractivity contribution in [2.45, 2.75) is 32.8 Å². The summed E-state index contributed by atoms with van der Waals surface area (Å²) >= 11 is 6.00. The normalized spacial score (nSPS) is 13.2. The third-order valence-corrected chi connectivity index (χ3v) is 4.86. The summed E-state index contributed by atoms with van der Waals surface area (Å²) in [4.78, 5) is 12.2. The van der Waals surface area contributed by atoms with Gasteiger partial charge in [0.15, 0.2) is 0 Å². The average Bonchev–Trinajstić information content (AvgIpc) is 3.06. The highest BCUT2D eigenvalue weighted by molar-refractivity contribution is 6.30. The maximum absolute atomic E-state index is 12.2. The Morgan fingerprint density at radius 3 is 2.83 bits per heavy atom. The van der Waals surface area contributed by atoms with Gasteiger partial charge in [-0.1, -0.05) is 23.7 Å². The first-order chi connectivity index (χ1) is 11.6. The minimum Gasteiger partial charge on any atom is -0.488 e. The molecule has 4 rings (SSSR count). The summed E-state index contributed by atoms with van der Waals surface area (Å²) in [5, 5.41) is 1.72. The number of benzene rings is 2. The van der Waals surface area contributed by atoms with Gasteiger partial charge in [-0.3, -0.25) is 0 Å². The molecule has 4 heteroatoms. The van der Waals surface area contributed by atoms with E-state index in [1.165, 1.54) is 0 Å². The fourth-order valence-electron chi connectivity index (χ4n) is 3.41. The molecule has 1 aliphatic carbocycles. The molecule has 0 aliphatic heterocycles. The van der Waals surface area contributed by atoms with Crippen LogP contribution in [-0.4, -0.2) is 0 Å². The van der Waals surface area contributed by atoms with Crippen molar-refractivity contribution in [2.75, 3.05) is 0 Å². The molecule has 0 saturated carbocycles. The van der Waals surface area contributed by atoms with E-state index in [0.29, 0.717) is 17.2 Å². The van der Waals surface area contributed by atoms with Gasteiger partial charge in [-0.2, -0.15) is 0 Å². The molecular weight excluding hydrogens is 324 g/mol. The van der Waals surface area contributed by atoms with Crippen LogP contribution in [0.2, 0.25) is 5.02 Å². The van der Waals surface area contributed by atoms with Gasteiger partial charge < -0.3 is 9.15 Å². The summed E-state index contributed by atoms with van der Waals surface area (Å²) in [6.07, 6.45) is 2.78. The lowest BCUT2D eigenvalue weighted by Gasteiger charge is -2.12. The number of fused-ring (bicyclic) bond motifs is 3. The van der Waals surface area contributed by atoms with E-state index in [-0.39, 0.29) is 5.63 Å². The molecule has 0 amide bonds. The molecule has 2 aromatic carbocycles. The molecule has 1 heterocycles. The lowest BCUT2D eigenvalue weighted by atomic mass is 10.0. The van der Waals surface area contributed by atoms with Gasteiger partial charge in [0.05, 0.1) is 0 Å². The molecule has 0 radical (unpaired) electrons. The summed E-state index contributed by atoms with van der Waals surface area (Å²) < 4.78 is 11.5. The van der Waals surface area contributed by atoms with E-state index in [9.17, 15) is 4.79 Å². The van der Waals surface area contributed by atoms with Gasteiger partial charge in [0, 0.05) is 21.5 Å². The number of hydrogen-bond acceptors (Lipinski definition) is 3. The van der Waals surface area contributed by atoms with Crippen LogP contribution in [0.1, 0.15) is 28.7 Å². The van der Waals surface area contributed by atoms with Crippen LogP contribution in [0.4, 0.5) is 0 Å². The summed E-state index contributed by atoms with van der Waals surface area (Å²) in [5.74, 6) is 0.726. The minimum absolute atomic E-state index is 0.204. The number of rotatable bonds is 3. The summed E-state index contributed by atoms with van der Waals surface area (Å²) in [5.41, 5.74) is 4.29. The Kier molecular flexibility index (Phi) is 3.81. The zero-order chi connectivity index (χ0) is 16.7. The number of halogens is 1. The van der Waals surface area contributed by atoms with E-state index in [4.69, 9.17) is 20.8 Å². The Bertz CT molecular complexity index is 988. The van der Waals surface area contributed by atoms with Crippen molar-refractivity contribution in [3.8, 4) is 5.75 Å². The van der Waals surface area contributed by atoms with Crippen LogP contribution in [0, 0.1) is 6.92 Å². The fraction of sp³-hybridized carbons (Fsp3) is 0.250. The molecule has 0 fully saturated rings. The highest BCUT2D eigenvalue weighted by Crippen LogP contribution is 2.33. The predicted octanol–water partition coefficient (Wildman–Crippen LogP) is 4.82. The predicted molar refractivity (Wildman–Crippen MR) is 95.0 cm³/mol. The van der Waals surface area contributed by atoms with Gasteiger partial charge >= 0.3 is 5.63 Å². The van der Waals surface area contributed by atoms with Crippen molar-refractivity contribution in [1.29, 1.82) is 0 Å². The minimum atomic E-state index is -0.204. The molecule has 24 heavy (non-hydrogen) atoms. The molecule has 0 atom stereocenters. The van der Waals surface area contributed by atoms with Crippen LogP contribution in [-0.2, 0) is 19.4 Å². The molecule has 3 nitrogen and oxygen atoms in total. The van der Waals surface area contributed by atoms with Crippen LogP contribution in [0.3, 0.4) is 0 Å². The third kappa shape index (κ3) is 2.59. The molecule has 122 valence electrons. The highest BCUT2D eigenvalue weighted by Gasteiger charge is 2.21. The van der Waals surface area contributed by atoms with E-state index in [1.807, 2.05) is 43.3 Å². The maximum Gasteiger partial charge on any atom is 0.339 e. The van der Waals surface area contributed by atoms with E-state index >= 15 is 0 Å². The summed E-state index contributed by atoms with van der Waals surface area (Å²) in [6, 6.07) is 11.5. The standard InChI is InChI=1S/C20H17ClO3/c1-12-18(23-11-13-4-2-5-14(21)10-13)9-8-16-15-6-3-7-17(15)20(22)24-19(12)16/h2,4-5,8-10H,3,6-7,11H2,1H3. The third-order valence-electron chi connectivity index (χ3n) is 4.62. The molecular formula is C20H17ClO3. The summed E-state index contributed by atoms with van der Waals surface area (Å²) in [7, 11) is 0. The van der Waals surface area contributed by atoms with Gasteiger partial charge in [0.2, 0.25) is 0 Å². The molecule has 0 N–H and O–H groups in total. The van der Waals surface area contributed by atoms with Crippen LogP contribution in [0.15, 0.2) is 45.6 Å². The molecule has 1 aliphatic rings. The van der Waals surface area contributed by atoms with Crippen molar-refractivity contribution in [1.82, 2.24) is 0 Å². The average molecular weight is 341 g/mol. The zero-order valence-electron chi connectivity index (χ0n) is 13.4. The van der Waals surface area contributed by atoms with Crippen molar-refractivity contribution in [3.05, 3.63) is 74.1 Å². The smallest absolute Gasteiger partial charge is 0.339 e. The first-order valence-electron chi connectivity index (χ1n) is 8.09. The van der Waals surface area contributed by atoms with Crippen LogP contribution in [0.5, 0.6) is 5.75 Å². The Morgan fingerprint density at radius 1 is 1.17 bits per heavy atom. The van der Waals surface area contributed by atoms with Gasteiger partial charge in [-0.05, 0) is 61.6 Å². The first-order valence-corrected chi connectivity index (χ1v) is 8.46. The van der Waals surface area contributed by atoms with Crippen molar-refractivity contribution < 1.29 is 9.15 Å². The Labute approximate surface area is 144 Å². The summed E-state index contributed by atoms with van der Waals surface area (Å²) in [6.45, 7) is 2.35.